The van der Waals surface area contributed by atoms with Crippen molar-refractivity contribution in [3.05, 3.63) is 36.5 Å². The molecule has 0 aliphatic rings. The summed E-state index contributed by atoms with van der Waals surface area (Å²) in [4.78, 5) is 12.6. The van der Waals surface area contributed by atoms with Gasteiger partial charge in [-0.3, -0.25) is 4.79 Å². The van der Waals surface area contributed by atoms with Crippen LogP contribution in [0.1, 0.15) is 373 Å². The first-order valence-electron chi connectivity index (χ1n) is 34.4. The molecule has 4 atom stereocenters. The summed E-state index contributed by atoms with van der Waals surface area (Å²) in [5, 5.41) is 44.2. The Bertz CT molecular complexity index is 1200. The van der Waals surface area contributed by atoms with Crippen molar-refractivity contribution >= 4 is 5.91 Å². The molecule has 0 aliphatic heterocycles. The summed E-state index contributed by atoms with van der Waals surface area (Å²) in [7, 11) is 0. The highest BCUT2D eigenvalue weighted by atomic mass is 16.3. The van der Waals surface area contributed by atoms with Gasteiger partial charge in [-0.2, -0.15) is 0 Å². The molecule has 0 bridgehead atoms. The van der Waals surface area contributed by atoms with E-state index in [0.29, 0.717) is 19.3 Å². The van der Waals surface area contributed by atoms with E-state index in [0.717, 1.165) is 51.4 Å². The Morgan fingerprint density at radius 1 is 0.316 bits per heavy atom. The Morgan fingerprint density at radius 3 is 0.829 bits per heavy atom. The largest absolute Gasteiger partial charge is 0.394 e. The monoisotopic (exact) mass is 1070 g/mol. The van der Waals surface area contributed by atoms with Crippen LogP contribution in [-0.2, 0) is 4.79 Å². The standard InChI is InChI=1S/C70H135NO5/c1-3-5-7-9-11-13-15-17-19-21-23-25-27-29-31-33-35-37-39-41-43-45-47-49-51-53-55-57-59-61-63-67(73)69(75)66(65-72)71-70(76)68(74)64-62-60-58-56-54-52-50-48-46-44-42-40-38-36-34-32-30-28-26-24-22-20-18-16-14-12-10-8-6-4-2/h39,41,47,49,55,57,66-69,72-75H,3-38,40,42-46,48,50-54,56,58-65H2,1-2H3,(H,71,76)/b41-39+,49-47+,57-55+. The van der Waals surface area contributed by atoms with Crippen LogP contribution in [0.2, 0.25) is 0 Å². The zero-order chi connectivity index (χ0) is 55.1. The Balaban J connectivity index is 3.61. The molecule has 0 aliphatic carbocycles. The molecule has 0 saturated carbocycles. The number of hydrogen-bond donors (Lipinski definition) is 5. The van der Waals surface area contributed by atoms with Crippen LogP contribution in [0, 0.1) is 0 Å². The molecule has 4 unspecified atom stereocenters. The number of aliphatic hydroxyl groups is 4. The van der Waals surface area contributed by atoms with Crippen LogP contribution in [-0.4, -0.2) is 57.3 Å². The Hall–Kier alpha value is -1.47. The van der Waals surface area contributed by atoms with Crippen LogP contribution in [0.5, 0.6) is 0 Å². The summed E-state index contributed by atoms with van der Waals surface area (Å²) in [5.41, 5.74) is 0. The fourth-order valence-electron chi connectivity index (χ4n) is 11.0. The van der Waals surface area contributed by atoms with Gasteiger partial charge in [-0.15, -0.1) is 0 Å². The van der Waals surface area contributed by atoms with Gasteiger partial charge in [-0.25, -0.2) is 0 Å². The van der Waals surface area contributed by atoms with E-state index in [1.165, 1.54) is 289 Å². The van der Waals surface area contributed by atoms with E-state index in [-0.39, 0.29) is 0 Å². The lowest BCUT2D eigenvalue weighted by Gasteiger charge is -2.27. The molecule has 0 heterocycles. The first kappa shape index (κ1) is 74.5. The SMILES string of the molecule is CCCCCCCCCCCCCCCCCCC/C=C/CC/C=C/CC/C=C/CCCC(O)C(O)C(CO)NC(=O)C(O)CCCCCCCCCCCCCCCCCCCCCCCCCCCCCCCC. The van der Waals surface area contributed by atoms with E-state index in [9.17, 15) is 25.2 Å². The zero-order valence-electron chi connectivity index (χ0n) is 51.3. The van der Waals surface area contributed by atoms with E-state index in [1.807, 2.05) is 0 Å². The number of unbranched alkanes of at least 4 members (excludes halogenated alkanes) is 49. The van der Waals surface area contributed by atoms with E-state index in [2.05, 4.69) is 55.6 Å². The minimum atomic E-state index is -1.29. The van der Waals surface area contributed by atoms with Crippen LogP contribution < -0.4 is 5.32 Å². The maximum atomic E-state index is 12.6. The normalized spacial score (nSPS) is 13.7. The van der Waals surface area contributed by atoms with Crippen molar-refractivity contribution in [2.45, 2.75) is 398 Å². The summed E-state index contributed by atoms with van der Waals surface area (Å²) in [5.74, 6) is -0.593. The molecule has 450 valence electrons. The molecule has 6 heteroatoms. The molecular weight excluding hydrogens is 935 g/mol. The zero-order valence-corrected chi connectivity index (χ0v) is 51.3. The maximum absolute atomic E-state index is 12.6. The quantitative estimate of drug-likeness (QED) is 0.0308. The van der Waals surface area contributed by atoms with Crippen molar-refractivity contribution in [1.82, 2.24) is 5.32 Å². The summed E-state index contributed by atoms with van der Waals surface area (Å²) in [6.07, 6.45) is 82.7. The molecule has 0 aromatic carbocycles. The fourth-order valence-corrected chi connectivity index (χ4v) is 11.0. The fraction of sp³-hybridized carbons (Fsp3) is 0.900. The maximum Gasteiger partial charge on any atom is 0.249 e. The van der Waals surface area contributed by atoms with Crippen LogP contribution in [0.15, 0.2) is 36.5 Å². The van der Waals surface area contributed by atoms with Gasteiger partial charge in [0.2, 0.25) is 5.91 Å². The molecule has 0 spiro atoms. The Kier molecular flexibility index (Phi) is 63.1. The molecule has 76 heavy (non-hydrogen) atoms. The molecule has 0 saturated heterocycles. The van der Waals surface area contributed by atoms with Crippen molar-refractivity contribution in [3.8, 4) is 0 Å². The van der Waals surface area contributed by atoms with Gasteiger partial charge in [0.15, 0.2) is 0 Å². The summed E-state index contributed by atoms with van der Waals surface area (Å²) in [6, 6.07) is -1.01. The van der Waals surface area contributed by atoms with Crippen LogP contribution in [0.4, 0.5) is 0 Å². The third-order valence-corrected chi connectivity index (χ3v) is 16.3. The van der Waals surface area contributed by atoms with Crippen molar-refractivity contribution in [3.63, 3.8) is 0 Å². The second-order valence-corrected chi connectivity index (χ2v) is 23.9. The van der Waals surface area contributed by atoms with Crippen LogP contribution in [0.3, 0.4) is 0 Å². The number of rotatable bonds is 64. The summed E-state index contributed by atoms with van der Waals surface area (Å²) in [6.45, 7) is 4.09. The van der Waals surface area contributed by atoms with Gasteiger partial charge in [0.05, 0.1) is 18.8 Å². The van der Waals surface area contributed by atoms with Gasteiger partial charge >= 0.3 is 0 Å². The van der Waals surface area contributed by atoms with Crippen molar-refractivity contribution in [2.75, 3.05) is 6.61 Å². The molecule has 6 nitrogen and oxygen atoms in total. The summed E-state index contributed by atoms with van der Waals surface area (Å²) >= 11 is 0. The molecular formula is C70H135NO5. The number of amides is 1. The van der Waals surface area contributed by atoms with Gasteiger partial charge < -0.3 is 25.7 Å². The highest BCUT2D eigenvalue weighted by Crippen LogP contribution is 2.19. The second kappa shape index (κ2) is 64.4. The number of allylic oxidation sites excluding steroid dienone is 6. The smallest absolute Gasteiger partial charge is 0.249 e. The third-order valence-electron chi connectivity index (χ3n) is 16.3. The van der Waals surface area contributed by atoms with Crippen LogP contribution >= 0.6 is 0 Å². The lowest BCUT2D eigenvalue weighted by Crippen LogP contribution is -2.53. The van der Waals surface area contributed by atoms with E-state index >= 15 is 0 Å². The lowest BCUT2D eigenvalue weighted by molar-refractivity contribution is -0.132. The van der Waals surface area contributed by atoms with E-state index < -0.39 is 36.9 Å². The van der Waals surface area contributed by atoms with Gasteiger partial charge in [-0.05, 0) is 64.2 Å². The van der Waals surface area contributed by atoms with E-state index in [4.69, 9.17) is 0 Å². The first-order valence-corrected chi connectivity index (χ1v) is 34.4. The van der Waals surface area contributed by atoms with Crippen LogP contribution in [0.25, 0.3) is 0 Å². The van der Waals surface area contributed by atoms with Gasteiger partial charge in [0.1, 0.15) is 12.2 Å². The van der Waals surface area contributed by atoms with Gasteiger partial charge in [-0.1, -0.05) is 346 Å². The highest BCUT2D eigenvalue weighted by molar-refractivity contribution is 5.80. The Morgan fingerprint density at radius 2 is 0.553 bits per heavy atom. The minimum Gasteiger partial charge on any atom is -0.394 e. The molecule has 5 N–H and O–H groups in total. The molecule has 0 fully saturated rings. The molecule has 0 radical (unpaired) electrons. The second-order valence-electron chi connectivity index (χ2n) is 23.9. The average molecular weight is 1070 g/mol. The van der Waals surface area contributed by atoms with Gasteiger partial charge in [0, 0.05) is 0 Å². The molecule has 0 rings (SSSR count). The van der Waals surface area contributed by atoms with Crippen molar-refractivity contribution in [1.29, 1.82) is 0 Å². The number of aliphatic hydroxyl groups excluding tert-OH is 4. The molecule has 0 aromatic heterocycles. The topological polar surface area (TPSA) is 110 Å². The lowest BCUT2D eigenvalue weighted by atomic mass is 10.00. The number of carbonyl (C=O) groups excluding carboxylic acids is 1. The number of carbonyl (C=O) groups is 1. The number of hydrogen-bond acceptors (Lipinski definition) is 5. The predicted molar refractivity (Wildman–Crippen MR) is 334 cm³/mol. The average Bonchev–Trinajstić information content (AvgIpc) is 3.42. The number of nitrogens with one attached hydrogen (secondary N) is 1. The Labute approximate surface area is 475 Å². The predicted octanol–water partition coefficient (Wildman–Crippen LogP) is 21.1. The minimum absolute atomic E-state index is 0.362. The molecule has 0 aromatic rings. The summed E-state index contributed by atoms with van der Waals surface area (Å²) < 4.78 is 0. The van der Waals surface area contributed by atoms with Crippen molar-refractivity contribution < 1.29 is 25.2 Å². The van der Waals surface area contributed by atoms with E-state index in [1.54, 1.807) is 0 Å². The van der Waals surface area contributed by atoms with Crippen molar-refractivity contribution in [2.24, 2.45) is 0 Å². The first-order chi connectivity index (χ1) is 37.5. The third kappa shape index (κ3) is 57.2. The molecule has 1 amide bonds. The highest BCUT2D eigenvalue weighted by Gasteiger charge is 2.28. The van der Waals surface area contributed by atoms with Gasteiger partial charge in [0.25, 0.3) is 0 Å².